The Morgan fingerprint density at radius 3 is 2.19 bits per heavy atom. The Labute approximate surface area is 167 Å². The van der Waals surface area contributed by atoms with Crippen LogP contribution in [0.15, 0.2) is 59.1 Å². The van der Waals surface area contributed by atoms with E-state index in [-0.39, 0.29) is 5.92 Å². The first-order chi connectivity index (χ1) is 12.4. The minimum atomic E-state index is -0.433. The maximum Gasteiger partial charge on any atom is 0.0845 e. The van der Waals surface area contributed by atoms with E-state index >= 15 is 0 Å². The Bertz CT molecular complexity index is 718. The number of nitrogens with zero attached hydrogens (tertiary/aromatic N) is 2. The molecule has 138 valence electrons. The Balaban J connectivity index is 2.06. The molecule has 2 aromatic carbocycles. The van der Waals surface area contributed by atoms with Crippen molar-refractivity contribution in [2.24, 2.45) is 5.92 Å². The van der Waals surface area contributed by atoms with Crippen molar-refractivity contribution in [2.45, 2.75) is 45.1 Å². The second-order valence-electron chi connectivity index (χ2n) is 7.42. The molecule has 2 aromatic rings. The number of hydrogen-bond acceptors (Lipinski definition) is 2. The SMILES string of the molecule is CC(c1ccccc1)N(C)CCCC(C#N)(c1ccc(Br)cc1)C(C)C. The first kappa shape index (κ1) is 20.7. The fourth-order valence-electron chi connectivity index (χ4n) is 3.55. The smallest absolute Gasteiger partial charge is 0.0845 e. The van der Waals surface area contributed by atoms with Crippen LogP contribution in [-0.2, 0) is 5.41 Å². The van der Waals surface area contributed by atoms with Crippen LogP contribution in [0.5, 0.6) is 0 Å². The molecule has 0 fully saturated rings. The molecule has 0 heterocycles. The highest BCUT2D eigenvalue weighted by Crippen LogP contribution is 2.37. The number of rotatable bonds is 8. The van der Waals surface area contributed by atoms with Crippen LogP contribution in [0.2, 0.25) is 0 Å². The zero-order valence-electron chi connectivity index (χ0n) is 16.2. The highest BCUT2D eigenvalue weighted by atomic mass is 79.9. The molecule has 0 aliphatic rings. The summed E-state index contributed by atoms with van der Waals surface area (Å²) in [5.74, 6) is 0.269. The van der Waals surface area contributed by atoms with Crippen LogP contribution in [0, 0.1) is 17.2 Å². The van der Waals surface area contributed by atoms with E-state index in [1.807, 2.05) is 12.1 Å². The molecule has 0 saturated carbocycles. The van der Waals surface area contributed by atoms with Crippen molar-refractivity contribution in [3.8, 4) is 6.07 Å². The zero-order chi connectivity index (χ0) is 19.2. The standard InChI is InChI=1S/C23H29BrN2/c1-18(2)23(17-25,21-11-13-22(24)14-12-21)15-8-16-26(4)19(3)20-9-6-5-7-10-20/h5-7,9-14,18-19H,8,15-16H2,1-4H3. The van der Waals surface area contributed by atoms with Crippen molar-refractivity contribution in [1.82, 2.24) is 4.90 Å². The molecular weight excluding hydrogens is 384 g/mol. The second kappa shape index (κ2) is 9.35. The summed E-state index contributed by atoms with van der Waals surface area (Å²) in [6, 6.07) is 21.9. The summed E-state index contributed by atoms with van der Waals surface area (Å²) < 4.78 is 1.05. The van der Waals surface area contributed by atoms with Crippen molar-refractivity contribution in [3.05, 3.63) is 70.2 Å². The summed E-state index contributed by atoms with van der Waals surface area (Å²) in [5.41, 5.74) is 2.02. The average molecular weight is 413 g/mol. The first-order valence-electron chi connectivity index (χ1n) is 9.33. The van der Waals surface area contributed by atoms with E-state index in [9.17, 15) is 5.26 Å². The first-order valence-corrected chi connectivity index (χ1v) is 10.1. The Kier molecular flexibility index (Phi) is 7.43. The summed E-state index contributed by atoms with van der Waals surface area (Å²) >= 11 is 3.49. The fourth-order valence-corrected chi connectivity index (χ4v) is 3.81. The maximum atomic E-state index is 10.0. The van der Waals surface area contributed by atoms with E-state index in [1.54, 1.807) is 0 Å². The van der Waals surface area contributed by atoms with Gasteiger partial charge < -0.3 is 0 Å². The zero-order valence-corrected chi connectivity index (χ0v) is 17.8. The van der Waals surface area contributed by atoms with Crippen LogP contribution in [0.1, 0.15) is 50.8 Å². The molecule has 2 nitrogen and oxygen atoms in total. The monoisotopic (exact) mass is 412 g/mol. The van der Waals surface area contributed by atoms with Gasteiger partial charge in [-0.3, -0.25) is 4.90 Å². The largest absolute Gasteiger partial charge is 0.300 e. The van der Waals surface area contributed by atoms with Gasteiger partial charge in [0.25, 0.3) is 0 Å². The molecule has 0 saturated heterocycles. The molecular formula is C23H29BrN2. The Morgan fingerprint density at radius 1 is 1.04 bits per heavy atom. The number of nitriles is 1. The lowest BCUT2D eigenvalue weighted by Crippen LogP contribution is -2.32. The Morgan fingerprint density at radius 2 is 1.65 bits per heavy atom. The molecule has 0 aliphatic carbocycles. The molecule has 3 heteroatoms. The summed E-state index contributed by atoms with van der Waals surface area (Å²) in [6.45, 7) is 7.52. The highest BCUT2D eigenvalue weighted by molar-refractivity contribution is 9.10. The lowest BCUT2D eigenvalue weighted by molar-refractivity contribution is 0.241. The van der Waals surface area contributed by atoms with Crippen molar-refractivity contribution in [2.75, 3.05) is 13.6 Å². The third-order valence-electron chi connectivity index (χ3n) is 5.57. The summed E-state index contributed by atoms with van der Waals surface area (Å²) in [4.78, 5) is 2.37. The van der Waals surface area contributed by atoms with Crippen LogP contribution >= 0.6 is 15.9 Å². The quantitative estimate of drug-likeness (QED) is 0.505. The fraction of sp³-hybridized carbons (Fsp3) is 0.435. The van der Waals surface area contributed by atoms with Gasteiger partial charge >= 0.3 is 0 Å². The molecule has 2 atom stereocenters. The molecule has 0 amide bonds. The average Bonchev–Trinajstić information content (AvgIpc) is 2.66. The second-order valence-corrected chi connectivity index (χ2v) is 8.33. The van der Waals surface area contributed by atoms with Crippen LogP contribution in [0.25, 0.3) is 0 Å². The van der Waals surface area contributed by atoms with Crippen molar-refractivity contribution >= 4 is 15.9 Å². The highest BCUT2D eigenvalue weighted by Gasteiger charge is 2.35. The number of halogens is 1. The molecule has 0 aromatic heterocycles. The predicted octanol–water partition coefficient (Wildman–Crippen LogP) is 6.34. The molecule has 26 heavy (non-hydrogen) atoms. The maximum absolute atomic E-state index is 10.0. The van der Waals surface area contributed by atoms with Gasteiger partial charge in [0, 0.05) is 10.5 Å². The topological polar surface area (TPSA) is 27.0 Å². The van der Waals surface area contributed by atoms with Gasteiger partial charge in [0.1, 0.15) is 0 Å². The summed E-state index contributed by atoms with van der Waals surface area (Å²) in [5, 5.41) is 10.0. The van der Waals surface area contributed by atoms with E-state index in [0.29, 0.717) is 6.04 Å². The molecule has 0 N–H and O–H groups in total. The van der Waals surface area contributed by atoms with Gasteiger partial charge in [-0.2, -0.15) is 5.26 Å². The van der Waals surface area contributed by atoms with E-state index in [2.05, 4.69) is 97.2 Å². The van der Waals surface area contributed by atoms with Gasteiger partial charge in [0.2, 0.25) is 0 Å². The summed E-state index contributed by atoms with van der Waals surface area (Å²) in [7, 11) is 2.17. The predicted molar refractivity (Wildman–Crippen MR) is 113 cm³/mol. The van der Waals surface area contributed by atoms with Gasteiger partial charge in [-0.1, -0.05) is 72.2 Å². The van der Waals surface area contributed by atoms with Crippen LogP contribution in [-0.4, -0.2) is 18.5 Å². The van der Waals surface area contributed by atoms with Gasteiger partial charge in [-0.15, -0.1) is 0 Å². The minimum absolute atomic E-state index is 0.269. The van der Waals surface area contributed by atoms with E-state index in [1.165, 1.54) is 5.56 Å². The molecule has 2 rings (SSSR count). The molecule has 0 aliphatic heterocycles. The van der Waals surface area contributed by atoms with Crippen LogP contribution in [0.3, 0.4) is 0 Å². The van der Waals surface area contributed by atoms with Gasteiger partial charge in [0.05, 0.1) is 11.5 Å². The third kappa shape index (κ3) is 4.75. The molecule has 2 unspecified atom stereocenters. The minimum Gasteiger partial charge on any atom is -0.300 e. The van der Waals surface area contributed by atoms with Crippen molar-refractivity contribution in [1.29, 1.82) is 5.26 Å². The Hall–Kier alpha value is -1.63. The normalized spacial score (nSPS) is 14.8. The van der Waals surface area contributed by atoms with Gasteiger partial charge in [-0.25, -0.2) is 0 Å². The lowest BCUT2D eigenvalue weighted by atomic mass is 9.70. The van der Waals surface area contributed by atoms with Crippen molar-refractivity contribution < 1.29 is 0 Å². The third-order valence-corrected chi connectivity index (χ3v) is 6.10. The molecule has 0 spiro atoms. The lowest BCUT2D eigenvalue weighted by Gasteiger charge is -2.33. The summed E-state index contributed by atoms with van der Waals surface area (Å²) in [6.07, 6.45) is 1.87. The van der Waals surface area contributed by atoms with E-state index < -0.39 is 5.41 Å². The van der Waals surface area contributed by atoms with Crippen molar-refractivity contribution in [3.63, 3.8) is 0 Å². The van der Waals surface area contributed by atoms with Crippen LogP contribution < -0.4 is 0 Å². The number of hydrogen-bond donors (Lipinski definition) is 0. The van der Waals surface area contributed by atoms with Gasteiger partial charge in [-0.05, 0) is 62.5 Å². The van der Waals surface area contributed by atoms with Crippen LogP contribution in [0.4, 0.5) is 0 Å². The van der Waals surface area contributed by atoms with Gasteiger partial charge in [0.15, 0.2) is 0 Å². The molecule has 0 bridgehead atoms. The van der Waals surface area contributed by atoms with E-state index in [0.717, 1.165) is 29.4 Å². The number of benzene rings is 2. The molecule has 0 radical (unpaired) electrons. The van der Waals surface area contributed by atoms with E-state index in [4.69, 9.17) is 0 Å².